The van der Waals surface area contributed by atoms with Crippen molar-refractivity contribution in [3.05, 3.63) is 328 Å². The lowest BCUT2D eigenvalue weighted by Crippen LogP contribution is -2.44. The first kappa shape index (κ1) is 41.5. The van der Waals surface area contributed by atoms with E-state index in [4.69, 9.17) is 9.73 Å². The van der Waals surface area contributed by atoms with Crippen molar-refractivity contribution < 1.29 is 4.74 Å². The molecule has 0 aromatic heterocycles. The van der Waals surface area contributed by atoms with E-state index in [0.29, 0.717) is 0 Å². The van der Waals surface area contributed by atoms with Crippen molar-refractivity contribution >= 4 is 27.8 Å². The molecule has 3 heteroatoms. The summed E-state index contributed by atoms with van der Waals surface area (Å²) in [6.07, 6.45) is 9.77. The minimum atomic E-state index is -0.770. The summed E-state index contributed by atoms with van der Waals surface area (Å²) >= 11 is 0. The van der Waals surface area contributed by atoms with E-state index in [0.717, 1.165) is 61.7 Å². The molecule has 10 aromatic rings. The first-order valence-electron chi connectivity index (χ1n) is 25.2. The Bertz CT molecular complexity index is 4020. The quantitative estimate of drug-likeness (QED) is 0.191. The van der Waals surface area contributed by atoms with E-state index in [1.54, 1.807) is 0 Å². The number of hydrogen-bond acceptors (Lipinski definition) is 3. The number of allylic oxidation sites excluding steroid dienone is 5. The third-order valence-electron chi connectivity index (χ3n) is 16.2. The van der Waals surface area contributed by atoms with E-state index in [1.165, 1.54) is 72.0 Å². The Morgan fingerprint density at radius 3 is 1.70 bits per heavy atom. The summed E-state index contributed by atoms with van der Waals surface area (Å²) in [4.78, 5) is 5.39. The number of nitrogens with zero attached hydrogens (tertiary/aromatic N) is 1. The summed E-state index contributed by atoms with van der Waals surface area (Å²) in [5.41, 5.74) is 23.1. The Morgan fingerprint density at radius 1 is 0.425 bits per heavy atom. The van der Waals surface area contributed by atoms with Gasteiger partial charge in [-0.1, -0.05) is 231 Å². The van der Waals surface area contributed by atoms with Gasteiger partial charge in [-0.25, -0.2) is 0 Å². The summed E-state index contributed by atoms with van der Waals surface area (Å²) < 4.78 is 6.92. The highest BCUT2D eigenvalue weighted by Gasteiger charge is 2.60. The van der Waals surface area contributed by atoms with E-state index in [2.05, 4.69) is 249 Å². The normalized spacial score (nSPS) is 17.5. The maximum absolute atomic E-state index is 6.92. The maximum Gasteiger partial charge on any atom is 0.145 e. The van der Waals surface area contributed by atoms with Crippen LogP contribution in [0.15, 0.2) is 267 Å². The van der Waals surface area contributed by atoms with Crippen molar-refractivity contribution in [3.63, 3.8) is 0 Å². The second-order valence-electron chi connectivity index (χ2n) is 19.8. The van der Waals surface area contributed by atoms with Crippen LogP contribution in [0.25, 0.3) is 55.4 Å². The lowest BCUT2D eigenvalue weighted by Gasteiger charge is -2.49. The second kappa shape index (κ2) is 15.8. The van der Waals surface area contributed by atoms with Gasteiger partial charge >= 0.3 is 0 Å². The molecule has 3 aliphatic carbocycles. The molecule has 2 aliphatic heterocycles. The third kappa shape index (κ3) is 5.85. The van der Waals surface area contributed by atoms with E-state index in [-0.39, 0.29) is 6.17 Å². The van der Waals surface area contributed by atoms with Crippen molar-refractivity contribution in [2.24, 2.45) is 4.99 Å². The Labute approximate surface area is 425 Å². The number of nitrogens with one attached hydrogen (secondary N) is 1. The van der Waals surface area contributed by atoms with Crippen molar-refractivity contribution in [1.82, 2.24) is 5.32 Å². The van der Waals surface area contributed by atoms with Gasteiger partial charge in [-0.05, 0) is 124 Å². The first-order chi connectivity index (χ1) is 36.1. The van der Waals surface area contributed by atoms with Crippen LogP contribution in [0.2, 0.25) is 0 Å². The molecule has 73 heavy (non-hydrogen) atoms. The Balaban J connectivity index is 0.923. The van der Waals surface area contributed by atoms with Crippen molar-refractivity contribution in [3.8, 4) is 39.1 Å². The van der Waals surface area contributed by atoms with E-state index >= 15 is 0 Å². The smallest absolute Gasteiger partial charge is 0.145 e. The standard InChI is InChI=1S/C70H46N2O/c1-44-17-15-16-40-73-67-52(44)38-39-56-55-37-36-50(46-30-33-48(34-31-46)68-71-64(47-19-3-2-4-20-47)43-65(72-68)51-35-32-45-18-5-6-21-49(45)41-51)42-63(55)70(66(56)67)61-28-13-11-26-59(61)69(60-27-12-14-29-62(60)70)57-24-9-7-22-53(57)54-23-8-10-25-58(54)69/h2-43,68,71H,1H2/b17-15-,40-16-. The number of rotatable bonds is 4. The van der Waals surface area contributed by atoms with Crippen LogP contribution < -0.4 is 10.1 Å². The molecule has 1 unspecified atom stereocenters. The third-order valence-corrected chi connectivity index (χ3v) is 16.2. The topological polar surface area (TPSA) is 33.6 Å². The van der Waals surface area contributed by atoms with Crippen LogP contribution in [0.5, 0.6) is 5.75 Å². The SMILES string of the molecule is C=C1/C=C\C=C/Oc2c1ccc1c2C2(c3cc(-c4ccc(C5N=C(c6ccc7ccccc7c6)C=C(c6ccccc6)N5)cc4)ccc3-1)c1ccccc1C1(c3ccccc3-c3ccccc31)c1ccccc12. The van der Waals surface area contributed by atoms with Crippen LogP contribution in [0.3, 0.4) is 0 Å². The van der Waals surface area contributed by atoms with Gasteiger partial charge in [-0.2, -0.15) is 0 Å². The monoisotopic (exact) mass is 930 g/mol. The van der Waals surface area contributed by atoms with E-state index in [9.17, 15) is 0 Å². The van der Waals surface area contributed by atoms with E-state index in [1.807, 2.05) is 18.4 Å². The largest absolute Gasteiger partial charge is 0.464 e. The molecule has 0 saturated carbocycles. The fourth-order valence-corrected chi connectivity index (χ4v) is 13.2. The number of fused-ring (bicyclic) bond motifs is 19. The molecule has 0 radical (unpaired) electrons. The van der Waals surface area contributed by atoms with Crippen LogP contribution in [-0.2, 0) is 10.8 Å². The van der Waals surface area contributed by atoms with Gasteiger partial charge in [-0.3, -0.25) is 4.99 Å². The highest BCUT2D eigenvalue weighted by atomic mass is 16.5. The van der Waals surface area contributed by atoms with Crippen LogP contribution in [0.4, 0.5) is 0 Å². The van der Waals surface area contributed by atoms with E-state index < -0.39 is 10.8 Å². The molecule has 1 N–H and O–H groups in total. The summed E-state index contributed by atoms with van der Waals surface area (Å²) in [7, 11) is 0. The zero-order chi connectivity index (χ0) is 48.3. The van der Waals surface area contributed by atoms with Crippen molar-refractivity contribution in [2.45, 2.75) is 17.0 Å². The van der Waals surface area contributed by atoms with Crippen LogP contribution in [0, 0.1) is 0 Å². The van der Waals surface area contributed by atoms with Gasteiger partial charge in [0.1, 0.15) is 11.9 Å². The van der Waals surface area contributed by atoms with Gasteiger partial charge in [-0.15, -0.1) is 0 Å². The summed E-state index contributed by atoms with van der Waals surface area (Å²) in [5, 5.41) is 6.21. The predicted molar refractivity (Wildman–Crippen MR) is 299 cm³/mol. The van der Waals surface area contributed by atoms with Gasteiger partial charge in [0.2, 0.25) is 0 Å². The van der Waals surface area contributed by atoms with Crippen LogP contribution in [0.1, 0.15) is 72.9 Å². The average Bonchev–Trinajstić information content (AvgIpc) is 3.92. The summed E-state index contributed by atoms with van der Waals surface area (Å²) in [6, 6.07) is 83.0. The summed E-state index contributed by atoms with van der Waals surface area (Å²) in [5.74, 6) is 0.838. The molecule has 0 bridgehead atoms. The molecule has 10 aromatic carbocycles. The fraction of sp³-hybridized carbons (Fsp3) is 0.0429. The van der Waals surface area contributed by atoms with Crippen molar-refractivity contribution in [1.29, 1.82) is 0 Å². The highest BCUT2D eigenvalue weighted by Crippen LogP contribution is 2.69. The lowest BCUT2D eigenvalue weighted by atomic mass is 9.52. The molecule has 0 fully saturated rings. The van der Waals surface area contributed by atoms with Crippen LogP contribution in [-0.4, -0.2) is 5.71 Å². The molecule has 3 nitrogen and oxygen atoms in total. The van der Waals surface area contributed by atoms with Crippen molar-refractivity contribution in [2.75, 3.05) is 0 Å². The Kier molecular flexibility index (Phi) is 9.00. The lowest BCUT2D eigenvalue weighted by molar-refractivity contribution is 0.465. The highest BCUT2D eigenvalue weighted by molar-refractivity contribution is 6.14. The van der Waals surface area contributed by atoms with Gasteiger partial charge < -0.3 is 10.1 Å². The average molecular weight is 931 g/mol. The molecule has 2 heterocycles. The molecule has 5 aliphatic rings. The van der Waals surface area contributed by atoms with Crippen LogP contribution >= 0.6 is 0 Å². The number of benzene rings is 10. The molecule has 1 atom stereocenters. The Morgan fingerprint density at radius 2 is 0.986 bits per heavy atom. The molecular formula is C70H46N2O. The predicted octanol–water partition coefficient (Wildman–Crippen LogP) is 16.2. The number of hydrogen-bond donors (Lipinski definition) is 1. The minimum Gasteiger partial charge on any atom is -0.464 e. The molecule has 0 saturated heterocycles. The number of aliphatic imine (C=N–C) groups is 1. The van der Waals surface area contributed by atoms with Gasteiger partial charge in [0.05, 0.1) is 22.8 Å². The zero-order valence-corrected chi connectivity index (χ0v) is 39.9. The molecule has 2 spiro atoms. The van der Waals surface area contributed by atoms with Gasteiger partial charge in [0, 0.05) is 22.4 Å². The molecule has 15 rings (SSSR count). The number of ether oxygens (including phenoxy) is 1. The first-order valence-corrected chi connectivity index (χ1v) is 25.2. The molecular weight excluding hydrogens is 885 g/mol. The maximum atomic E-state index is 6.92. The summed E-state index contributed by atoms with van der Waals surface area (Å²) in [6.45, 7) is 4.59. The Hall–Kier alpha value is -9.31. The fourth-order valence-electron chi connectivity index (χ4n) is 13.2. The second-order valence-corrected chi connectivity index (χ2v) is 19.8. The molecule has 0 amide bonds. The zero-order valence-electron chi connectivity index (χ0n) is 39.9. The van der Waals surface area contributed by atoms with Gasteiger partial charge in [0.25, 0.3) is 0 Å². The van der Waals surface area contributed by atoms with Gasteiger partial charge in [0.15, 0.2) is 0 Å². The minimum absolute atomic E-state index is 0.292. The molecule has 342 valence electrons.